The van der Waals surface area contributed by atoms with Crippen molar-refractivity contribution >= 4 is 11.7 Å². The van der Waals surface area contributed by atoms with Crippen LogP contribution in [0.5, 0.6) is 0 Å². The SMILES string of the molecule is CC(Nc1ccccc1C(=O)O)c1cccc(C#N)c1. The minimum absolute atomic E-state index is 0.0937. The van der Waals surface area contributed by atoms with Crippen LogP contribution in [0.25, 0.3) is 0 Å². The largest absolute Gasteiger partial charge is 0.478 e. The van der Waals surface area contributed by atoms with Gasteiger partial charge in [-0.2, -0.15) is 5.26 Å². The highest BCUT2D eigenvalue weighted by Gasteiger charge is 2.12. The van der Waals surface area contributed by atoms with E-state index >= 15 is 0 Å². The summed E-state index contributed by atoms with van der Waals surface area (Å²) in [6.07, 6.45) is 0. The van der Waals surface area contributed by atoms with E-state index in [9.17, 15) is 4.79 Å². The molecule has 0 aromatic heterocycles. The highest BCUT2D eigenvalue weighted by Crippen LogP contribution is 2.23. The molecule has 0 radical (unpaired) electrons. The number of rotatable bonds is 4. The maximum atomic E-state index is 11.2. The molecule has 4 nitrogen and oxygen atoms in total. The van der Waals surface area contributed by atoms with E-state index in [0.29, 0.717) is 11.3 Å². The third-order valence-electron chi connectivity index (χ3n) is 3.05. The van der Waals surface area contributed by atoms with Crippen LogP contribution in [0.4, 0.5) is 5.69 Å². The van der Waals surface area contributed by atoms with E-state index in [-0.39, 0.29) is 11.6 Å². The summed E-state index contributed by atoms with van der Waals surface area (Å²) in [4.78, 5) is 11.2. The van der Waals surface area contributed by atoms with Crippen molar-refractivity contribution in [3.05, 3.63) is 65.2 Å². The number of carbonyl (C=O) groups is 1. The Labute approximate surface area is 117 Å². The van der Waals surface area contributed by atoms with Crippen molar-refractivity contribution in [2.45, 2.75) is 13.0 Å². The van der Waals surface area contributed by atoms with E-state index < -0.39 is 5.97 Å². The Morgan fingerprint density at radius 3 is 2.70 bits per heavy atom. The molecule has 4 heteroatoms. The van der Waals surface area contributed by atoms with Crippen LogP contribution < -0.4 is 5.32 Å². The lowest BCUT2D eigenvalue weighted by Gasteiger charge is -2.17. The monoisotopic (exact) mass is 266 g/mol. The molecule has 1 atom stereocenters. The first kappa shape index (κ1) is 13.6. The Hall–Kier alpha value is -2.80. The van der Waals surface area contributed by atoms with E-state index in [2.05, 4.69) is 11.4 Å². The standard InChI is InChI=1S/C16H14N2O2/c1-11(13-6-4-5-12(9-13)10-17)18-15-8-3-2-7-14(15)16(19)20/h2-9,11,18H,1H3,(H,19,20). The lowest BCUT2D eigenvalue weighted by atomic mass is 10.0. The van der Waals surface area contributed by atoms with E-state index in [1.165, 1.54) is 0 Å². The van der Waals surface area contributed by atoms with Crippen LogP contribution in [-0.2, 0) is 0 Å². The molecule has 0 bridgehead atoms. The summed E-state index contributed by atoms with van der Waals surface area (Å²) in [6.45, 7) is 1.93. The van der Waals surface area contributed by atoms with Crippen LogP contribution >= 0.6 is 0 Å². The first-order chi connectivity index (χ1) is 9.61. The van der Waals surface area contributed by atoms with Gasteiger partial charge in [-0.05, 0) is 36.8 Å². The van der Waals surface area contributed by atoms with Crippen LogP contribution in [0.1, 0.15) is 34.5 Å². The fourth-order valence-corrected chi connectivity index (χ4v) is 1.99. The number of benzene rings is 2. The molecule has 0 spiro atoms. The van der Waals surface area contributed by atoms with Crippen molar-refractivity contribution < 1.29 is 9.90 Å². The van der Waals surface area contributed by atoms with Crippen LogP contribution in [0, 0.1) is 11.3 Å². The van der Waals surface area contributed by atoms with E-state index in [1.807, 2.05) is 19.1 Å². The number of hydrogen-bond acceptors (Lipinski definition) is 3. The minimum Gasteiger partial charge on any atom is -0.478 e. The van der Waals surface area contributed by atoms with Gasteiger partial charge in [-0.15, -0.1) is 0 Å². The molecule has 0 fully saturated rings. The van der Waals surface area contributed by atoms with Gasteiger partial charge in [0.25, 0.3) is 0 Å². The maximum absolute atomic E-state index is 11.2. The van der Waals surface area contributed by atoms with Gasteiger partial charge in [-0.1, -0.05) is 24.3 Å². The van der Waals surface area contributed by atoms with E-state index in [4.69, 9.17) is 10.4 Å². The van der Waals surface area contributed by atoms with Gasteiger partial charge in [0.05, 0.1) is 17.2 Å². The molecule has 0 aliphatic rings. The Bertz CT molecular complexity index is 674. The normalized spacial score (nSPS) is 11.4. The third kappa shape index (κ3) is 2.96. The van der Waals surface area contributed by atoms with Crippen molar-refractivity contribution in [1.29, 1.82) is 5.26 Å². The molecule has 2 N–H and O–H groups in total. The van der Waals surface area contributed by atoms with Gasteiger partial charge < -0.3 is 10.4 Å². The molecule has 0 aliphatic carbocycles. The van der Waals surface area contributed by atoms with E-state index in [0.717, 1.165) is 5.56 Å². The fraction of sp³-hybridized carbons (Fsp3) is 0.125. The molecule has 0 amide bonds. The van der Waals surface area contributed by atoms with Gasteiger partial charge >= 0.3 is 5.97 Å². The van der Waals surface area contributed by atoms with Crippen molar-refractivity contribution in [3.8, 4) is 6.07 Å². The number of aromatic carboxylic acids is 1. The van der Waals surface area contributed by atoms with Crippen molar-refractivity contribution in [1.82, 2.24) is 0 Å². The van der Waals surface area contributed by atoms with Crippen molar-refractivity contribution in [3.63, 3.8) is 0 Å². The van der Waals surface area contributed by atoms with Gasteiger partial charge in [-0.3, -0.25) is 0 Å². The number of nitrogens with zero attached hydrogens (tertiary/aromatic N) is 1. The molecule has 0 saturated carbocycles. The third-order valence-corrected chi connectivity index (χ3v) is 3.05. The predicted molar refractivity (Wildman–Crippen MR) is 76.6 cm³/mol. The summed E-state index contributed by atoms with van der Waals surface area (Å²) in [6, 6.07) is 16.0. The average Bonchev–Trinajstić information content (AvgIpc) is 2.47. The predicted octanol–water partition coefficient (Wildman–Crippen LogP) is 3.43. The lowest BCUT2D eigenvalue weighted by Crippen LogP contribution is -2.10. The number of nitriles is 1. The highest BCUT2D eigenvalue weighted by atomic mass is 16.4. The first-order valence-electron chi connectivity index (χ1n) is 6.20. The van der Waals surface area contributed by atoms with Gasteiger partial charge in [0, 0.05) is 11.7 Å². The van der Waals surface area contributed by atoms with Crippen molar-refractivity contribution in [2.75, 3.05) is 5.32 Å². The highest BCUT2D eigenvalue weighted by molar-refractivity contribution is 5.94. The van der Waals surface area contributed by atoms with Crippen molar-refractivity contribution in [2.24, 2.45) is 0 Å². The first-order valence-corrected chi connectivity index (χ1v) is 6.20. The smallest absolute Gasteiger partial charge is 0.337 e. The molecular formula is C16H14N2O2. The van der Waals surface area contributed by atoms with Crippen LogP contribution in [-0.4, -0.2) is 11.1 Å². The molecule has 2 aromatic carbocycles. The Balaban J connectivity index is 2.26. The van der Waals surface area contributed by atoms with E-state index in [1.54, 1.807) is 36.4 Å². The summed E-state index contributed by atoms with van der Waals surface area (Å²) in [5.41, 5.74) is 2.32. The average molecular weight is 266 g/mol. The van der Waals surface area contributed by atoms with Gasteiger partial charge in [-0.25, -0.2) is 4.79 Å². The minimum atomic E-state index is -0.967. The van der Waals surface area contributed by atoms with Crippen LogP contribution in [0.15, 0.2) is 48.5 Å². The number of nitrogens with one attached hydrogen (secondary N) is 1. The molecular weight excluding hydrogens is 252 g/mol. The molecule has 2 rings (SSSR count). The fourth-order valence-electron chi connectivity index (χ4n) is 1.99. The molecule has 0 aliphatic heterocycles. The molecule has 2 aromatic rings. The maximum Gasteiger partial charge on any atom is 0.337 e. The second-order valence-electron chi connectivity index (χ2n) is 4.45. The molecule has 100 valence electrons. The summed E-state index contributed by atoms with van der Waals surface area (Å²) < 4.78 is 0. The second-order valence-corrected chi connectivity index (χ2v) is 4.45. The zero-order valence-corrected chi connectivity index (χ0v) is 11.0. The second kappa shape index (κ2) is 5.89. The molecule has 0 saturated heterocycles. The summed E-state index contributed by atoms with van der Waals surface area (Å²) >= 11 is 0. The molecule has 0 heterocycles. The lowest BCUT2D eigenvalue weighted by molar-refractivity contribution is 0.0698. The van der Waals surface area contributed by atoms with Crippen LogP contribution in [0.3, 0.4) is 0 Å². The Morgan fingerprint density at radius 2 is 2.00 bits per heavy atom. The topological polar surface area (TPSA) is 73.1 Å². The van der Waals surface area contributed by atoms with Crippen LogP contribution in [0.2, 0.25) is 0 Å². The Morgan fingerprint density at radius 1 is 1.25 bits per heavy atom. The molecule has 20 heavy (non-hydrogen) atoms. The number of para-hydroxylation sites is 1. The van der Waals surface area contributed by atoms with Gasteiger partial charge in [0.15, 0.2) is 0 Å². The molecule has 1 unspecified atom stereocenters. The number of carboxylic acid groups (broad SMARTS) is 1. The number of anilines is 1. The summed E-state index contributed by atoms with van der Waals surface area (Å²) in [5.74, 6) is -0.967. The Kier molecular flexibility index (Phi) is 4.02. The summed E-state index contributed by atoms with van der Waals surface area (Å²) in [7, 11) is 0. The number of carboxylic acids is 1. The van der Waals surface area contributed by atoms with Gasteiger partial charge in [0.2, 0.25) is 0 Å². The van der Waals surface area contributed by atoms with Gasteiger partial charge in [0.1, 0.15) is 0 Å². The zero-order valence-electron chi connectivity index (χ0n) is 11.0. The quantitative estimate of drug-likeness (QED) is 0.889. The summed E-state index contributed by atoms with van der Waals surface area (Å²) in [5, 5.41) is 21.2. The number of hydrogen-bond donors (Lipinski definition) is 2. The zero-order chi connectivity index (χ0) is 14.5.